The number of hydrogen-bond donors (Lipinski definition) is 1. The number of anilines is 1. The molecular formula is C15H18N4OS. The number of rotatable bonds is 3. The van der Waals surface area contributed by atoms with Gasteiger partial charge in [-0.05, 0) is 25.5 Å². The first-order valence-corrected chi connectivity index (χ1v) is 7.84. The number of aromatic nitrogens is 2. The molecule has 1 aliphatic heterocycles. The van der Waals surface area contributed by atoms with E-state index in [1.165, 1.54) is 0 Å². The van der Waals surface area contributed by atoms with Crippen molar-refractivity contribution in [3.8, 4) is 0 Å². The quantitative estimate of drug-likeness (QED) is 0.943. The number of aryl methyl sites for hydroxylation is 1. The molecule has 1 amide bonds. The Morgan fingerprint density at radius 1 is 1.48 bits per heavy atom. The van der Waals surface area contributed by atoms with Crippen LogP contribution in [0.4, 0.5) is 5.82 Å². The van der Waals surface area contributed by atoms with E-state index in [-0.39, 0.29) is 5.91 Å². The molecule has 6 heteroatoms. The lowest BCUT2D eigenvalue weighted by Crippen LogP contribution is -2.47. The van der Waals surface area contributed by atoms with Crippen molar-refractivity contribution in [2.45, 2.75) is 25.8 Å². The standard InChI is InChI=1S/C15H18N4OS/c1-11-9-21-14(17-11)15(18-12(2)20)6-8-19(10-15)13-5-3-4-7-16-13/h3-5,7,9H,6,8,10H2,1-2H3,(H,18,20). The summed E-state index contributed by atoms with van der Waals surface area (Å²) < 4.78 is 0. The van der Waals surface area contributed by atoms with Crippen LogP contribution in [-0.2, 0) is 10.3 Å². The fourth-order valence-electron chi connectivity index (χ4n) is 2.79. The third-order valence-corrected chi connectivity index (χ3v) is 4.85. The van der Waals surface area contributed by atoms with Crippen molar-refractivity contribution >= 4 is 23.1 Å². The molecule has 3 heterocycles. The molecule has 0 bridgehead atoms. The second-order valence-corrected chi connectivity index (χ2v) is 6.27. The molecule has 3 rings (SSSR count). The van der Waals surface area contributed by atoms with Crippen LogP contribution < -0.4 is 10.2 Å². The molecule has 2 aromatic rings. The highest BCUT2D eigenvalue weighted by molar-refractivity contribution is 7.09. The molecule has 1 aliphatic rings. The number of amides is 1. The molecule has 2 aromatic heterocycles. The third-order valence-electron chi connectivity index (χ3n) is 3.69. The Hall–Kier alpha value is -1.95. The van der Waals surface area contributed by atoms with Gasteiger partial charge in [0, 0.05) is 37.3 Å². The first-order chi connectivity index (χ1) is 10.1. The van der Waals surface area contributed by atoms with Gasteiger partial charge in [-0.3, -0.25) is 4.79 Å². The minimum absolute atomic E-state index is 0.0225. The molecule has 21 heavy (non-hydrogen) atoms. The number of hydrogen-bond acceptors (Lipinski definition) is 5. The number of carbonyl (C=O) groups is 1. The lowest BCUT2D eigenvalue weighted by Gasteiger charge is -2.28. The maximum Gasteiger partial charge on any atom is 0.217 e. The zero-order valence-electron chi connectivity index (χ0n) is 12.2. The van der Waals surface area contributed by atoms with Crippen LogP contribution >= 0.6 is 11.3 Å². The predicted octanol–water partition coefficient (Wildman–Crippen LogP) is 2.09. The average Bonchev–Trinajstić information content (AvgIpc) is 3.07. The van der Waals surface area contributed by atoms with E-state index in [4.69, 9.17) is 0 Å². The lowest BCUT2D eigenvalue weighted by atomic mass is 9.99. The fourth-order valence-corrected chi connectivity index (χ4v) is 3.76. The van der Waals surface area contributed by atoms with Gasteiger partial charge in [0.1, 0.15) is 16.4 Å². The molecule has 0 radical (unpaired) electrons. The molecule has 0 aliphatic carbocycles. The molecule has 110 valence electrons. The first kappa shape index (κ1) is 14.0. The highest BCUT2D eigenvalue weighted by atomic mass is 32.1. The van der Waals surface area contributed by atoms with Crippen LogP contribution in [0.3, 0.4) is 0 Å². The minimum atomic E-state index is -0.401. The Bertz CT molecular complexity index is 642. The van der Waals surface area contributed by atoms with Crippen LogP contribution in [0, 0.1) is 6.92 Å². The van der Waals surface area contributed by atoms with E-state index in [2.05, 4.69) is 20.2 Å². The zero-order valence-corrected chi connectivity index (χ0v) is 13.0. The van der Waals surface area contributed by atoms with Gasteiger partial charge in [-0.15, -0.1) is 11.3 Å². The highest BCUT2D eigenvalue weighted by Gasteiger charge is 2.43. The monoisotopic (exact) mass is 302 g/mol. The fraction of sp³-hybridized carbons (Fsp3) is 0.400. The second kappa shape index (κ2) is 5.44. The molecule has 1 fully saturated rings. The SMILES string of the molecule is CC(=O)NC1(c2nc(C)cs2)CCN(c2ccccn2)C1. The summed E-state index contributed by atoms with van der Waals surface area (Å²) in [5, 5.41) is 6.13. The van der Waals surface area contributed by atoms with Gasteiger partial charge in [-0.1, -0.05) is 6.07 Å². The molecule has 1 atom stereocenters. The van der Waals surface area contributed by atoms with Gasteiger partial charge in [0.2, 0.25) is 5.91 Å². The van der Waals surface area contributed by atoms with Gasteiger partial charge in [0.15, 0.2) is 0 Å². The normalized spacial score (nSPS) is 21.5. The van der Waals surface area contributed by atoms with Gasteiger partial charge in [-0.2, -0.15) is 0 Å². The van der Waals surface area contributed by atoms with Gasteiger partial charge in [0.05, 0.1) is 0 Å². The topological polar surface area (TPSA) is 58.1 Å². The Morgan fingerprint density at radius 2 is 2.33 bits per heavy atom. The summed E-state index contributed by atoms with van der Waals surface area (Å²) >= 11 is 1.61. The zero-order chi connectivity index (χ0) is 14.9. The van der Waals surface area contributed by atoms with Crippen molar-refractivity contribution in [3.05, 3.63) is 40.5 Å². The largest absolute Gasteiger partial charge is 0.354 e. The van der Waals surface area contributed by atoms with Gasteiger partial charge in [0.25, 0.3) is 0 Å². The second-order valence-electron chi connectivity index (χ2n) is 5.42. The molecule has 0 spiro atoms. The summed E-state index contributed by atoms with van der Waals surface area (Å²) in [6, 6.07) is 5.88. The van der Waals surface area contributed by atoms with Crippen molar-refractivity contribution in [3.63, 3.8) is 0 Å². The summed E-state index contributed by atoms with van der Waals surface area (Å²) in [7, 11) is 0. The summed E-state index contributed by atoms with van der Waals surface area (Å²) in [6.45, 7) is 5.10. The van der Waals surface area contributed by atoms with Crippen LogP contribution in [0.5, 0.6) is 0 Å². The van der Waals surface area contributed by atoms with Gasteiger partial charge in [-0.25, -0.2) is 9.97 Å². The number of nitrogens with zero attached hydrogens (tertiary/aromatic N) is 3. The summed E-state index contributed by atoms with van der Waals surface area (Å²) in [4.78, 5) is 22.9. The van der Waals surface area contributed by atoms with Gasteiger partial charge < -0.3 is 10.2 Å². The van der Waals surface area contributed by atoms with E-state index in [1.54, 1.807) is 24.5 Å². The van der Waals surface area contributed by atoms with Crippen molar-refractivity contribution in [2.75, 3.05) is 18.0 Å². The number of pyridine rings is 1. The van der Waals surface area contributed by atoms with Crippen LogP contribution in [0.15, 0.2) is 29.8 Å². The average molecular weight is 302 g/mol. The highest BCUT2D eigenvalue weighted by Crippen LogP contribution is 2.35. The first-order valence-electron chi connectivity index (χ1n) is 6.96. The van der Waals surface area contributed by atoms with E-state index < -0.39 is 5.54 Å². The van der Waals surface area contributed by atoms with E-state index >= 15 is 0 Å². The van der Waals surface area contributed by atoms with Crippen LogP contribution in [0.1, 0.15) is 24.0 Å². The van der Waals surface area contributed by atoms with Crippen molar-refractivity contribution in [1.29, 1.82) is 0 Å². The smallest absolute Gasteiger partial charge is 0.217 e. The Morgan fingerprint density at radius 3 is 2.95 bits per heavy atom. The number of nitrogens with one attached hydrogen (secondary N) is 1. The third kappa shape index (κ3) is 2.76. The summed E-state index contributed by atoms with van der Waals surface area (Å²) in [5.74, 6) is 0.920. The van der Waals surface area contributed by atoms with Crippen molar-refractivity contribution in [2.24, 2.45) is 0 Å². The predicted molar refractivity (Wildman–Crippen MR) is 83.4 cm³/mol. The van der Waals surface area contributed by atoms with Crippen LogP contribution in [-0.4, -0.2) is 29.0 Å². The minimum Gasteiger partial charge on any atom is -0.354 e. The lowest BCUT2D eigenvalue weighted by molar-refractivity contribution is -0.120. The maximum absolute atomic E-state index is 11.7. The van der Waals surface area contributed by atoms with Gasteiger partial charge >= 0.3 is 0 Å². The van der Waals surface area contributed by atoms with Crippen molar-refractivity contribution < 1.29 is 4.79 Å². The molecule has 1 N–H and O–H groups in total. The Balaban J connectivity index is 1.90. The van der Waals surface area contributed by atoms with Crippen LogP contribution in [0.25, 0.3) is 0 Å². The molecule has 5 nitrogen and oxygen atoms in total. The summed E-state index contributed by atoms with van der Waals surface area (Å²) in [6.07, 6.45) is 2.64. The number of thiazole rings is 1. The summed E-state index contributed by atoms with van der Waals surface area (Å²) in [5.41, 5.74) is 0.596. The molecule has 0 aromatic carbocycles. The number of carbonyl (C=O) groups excluding carboxylic acids is 1. The van der Waals surface area contributed by atoms with Crippen molar-refractivity contribution in [1.82, 2.24) is 15.3 Å². The molecule has 1 saturated heterocycles. The maximum atomic E-state index is 11.7. The van der Waals surface area contributed by atoms with E-state index in [1.807, 2.05) is 30.5 Å². The van der Waals surface area contributed by atoms with E-state index in [0.717, 1.165) is 29.5 Å². The van der Waals surface area contributed by atoms with E-state index in [9.17, 15) is 4.79 Å². The Labute approximate surface area is 128 Å². The van der Waals surface area contributed by atoms with Crippen LogP contribution in [0.2, 0.25) is 0 Å². The van der Waals surface area contributed by atoms with E-state index in [0.29, 0.717) is 6.54 Å². The molecule has 1 unspecified atom stereocenters. The molecular weight excluding hydrogens is 284 g/mol. The Kier molecular flexibility index (Phi) is 3.63. The molecule has 0 saturated carbocycles.